The molecule has 0 aliphatic rings. The van der Waals surface area contributed by atoms with Crippen LogP contribution in [0.25, 0.3) is 0 Å². The van der Waals surface area contributed by atoms with E-state index in [1.165, 1.54) is 0 Å². The van der Waals surface area contributed by atoms with Crippen LogP contribution < -0.4 is 10.1 Å². The Kier molecular flexibility index (Phi) is 6.80. The minimum atomic E-state index is -0.113. The molecule has 0 saturated carbocycles. The van der Waals surface area contributed by atoms with E-state index in [1.807, 2.05) is 6.92 Å². The number of aliphatic hydroxyl groups is 1. The molecular weight excluding hydrogens is 268 g/mol. The zero-order valence-electron chi connectivity index (χ0n) is 11.6. The van der Waals surface area contributed by atoms with Crippen LogP contribution in [0.15, 0.2) is 0 Å². The van der Waals surface area contributed by atoms with Gasteiger partial charge in [0.2, 0.25) is 11.2 Å². The van der Waals surface area contributed by atoms with Crippen LogP contribution in [0, 0.1) is 5.92 Å². The van der Waals surface area contributed by atoms with Crippen LogP contribution in [0.4, 0.5) is 5.95 Å². The smallest absolute Gasteiger partial charge is 0.322 e. The zero-order valence-corrected chi connectivity index (χ0v) is 12.3. The Bertz CT molecular complexity index is 390. The number of hydrogen-bond acceptors (Lipinski definition) is 6. The molecular formula is C12H21ClN4O2. The van der Waals surface area contributed by atoms with Crippen molar-refractivity contribution in [3.05, 3.63) is 5.28 Å². The average molecular weight is 289 g/mol. The SMILES string of the molecule is CCCOc1nc(Cl)nc(NC(CO)CC(C)C)n1. The number of anilines is 1. The van der Waals surface area contributed by atoms with Crippen LogP contribution >= 0.6 is 11.6 Å². The molecule has 0 amide bonds. The summed E-state index contributed by atoms with van der Waals surface area (Å²) in [5.41, 5.74) is 0. The first-order chi connectivity index (χ1) is 9.05. The second-order valence-corrected chi connectivity index (χ2v) is 5.05. The van der Waals surface area contributed by atoms with Crippen molar-refractivity contribution in [2.24, 2.45) is 5.92 Å². The number of nitrogens with one attached hydrogen (secondary N) is 1. The predicted octanol–water partition coefficient (Wildman–Crippen LogP) is 2.13. The number of nitrogens with zero attached hydrogens (tertiary/aromatic N) is 3. The van der Waals surface area contributed by atoms with Crippen molar-refractivity contribution in [1.82, 2.24) is 15.0 Å². The Hall–Kier alpha value is -1.14. The van der Waals surface area contributed by atoms with Gasteiger partial charge in [0, 0.05) is 0 Å². The first-order valence-corrected chi connectivity index (χ1v) is 6.84. The standard InChI is InChI=1S/C12H21ClN4O2/c1-4-5-19-12-16-10(13)15-11(17-12)14-9(7-18)6-8(2)3/h8-9,18H,4-7H2,1-3H3,(H,14,15,16,17). The lowest BCUT2D eigenvalue weighted by atomic mass is 10.0. The average Bonchev–Trinajstić information content (AvgIpc) is 2.34. The molecule has 0 spiro atoms. The van der Waals surface area contributed by atoms with Gasteiger partial charge in [-0.25, -0.2) is 0 Å². The Morgan fingerprint density at radius 2 is 2.05 bits per heavy atom. The number of hydrogen-bond donors (Lipinski definition) is 2. The summed E-state index contributed by atoms with van der Waals surface area (Å²) in [6, 6.07) is 0.0862. The highest BCUT2D eigenvalue weighted by atomic mass is 35.5. The van der Waals surface area contributed by atoms with E-state index in [0.29, 0.717) is 18.5 Å². The Morgan fingerprint density at radius 1 is 1.32 bits per heavy atom. The molecule has 1 heterocycles. The maximum atomic E-state index is 9.32. The lowest BCUT2D eigenvalue weighted by Gasteiger charge is -2.18. The van der Waals surface area contributed by atoms with Crippen molar-refractivity contribution >= 4 is 17.5 Å². The first-order valence-electron chi connectivity index (χ1n) is 6.46. The van der Waals surface area contributed by atoms with Crippen molar-refractivity contribution in [2.45, 2.75) is 39.7 Å². The van der Waals surface area contributed by atoms with Gasteiger partial charge in [-0.2, -0.15) is 15.0 Å². The van der Waals surface area contributed by atoms with E-state index in [2.05, 4.69) is 34.1 Å². The van der Waals surface area contributed by atoms with Crippen molar-refractivity contribution < 1.29 is 9.84 Å². The molecule has 6 nitrogen and oxygen atoms in total. The lowest BCUT2D eigenvalue weighted by molar-refractivity contribution is 0.258. The summed E-state index contributed by atoms with van der Waals surface area (Å²) >= 11 is 5.82. The summed E-state index contributed by atoms with van der Waals surface area (Å²) in [5.74, 6) is 0.781. The monoisotopic (exact) mass is 288 g/mol. The molecule has 0 fully saturated rings. The summed E-state index contributed by atoms with van der Waals surface area (Å²) in [7, 11) is 0. The van der Waals surface area contributed by atoms with Crippen LogP contribution in [0.1, 0.15) is 33.6 Å². The number of rotatable bonds is 8. The summed E-state index contributed by atoms with van der Waals surface area (Å²) in [5, 5.41) is 12.4. The quantitative estimate of drug-likeness (QED) is 0.763. The molecule has 1 unspecified atom stereocenters. The van der Waals surface area contributed by atoms with Gasteiger partial charge in [0.1, 0.15) is 0 Å². The van der Waals surface area contributed by atoms with E-state index >= 15 is 0 Å². The maximum Gasteiger partial charge on any atom is 0.322 e. The topological polar surface area (TPSA) is 80.2 Å². The van der Waals surface area contributed by atoms with E-state index < -0.39 is 0 Å². The molecule has 0 bridgehead atoms. The second-order valence-electron chi connectivity index (χ2n) is 4.71. The molecule has 1 atom stereocenters. The molecule has 0 aliphatic heterocycles. The van der Waals surface area contributed by atoms with Crippen molar-refractivity contribution in [3.63, 3.8) is 0 Å². The Labute approximate surface area is 118 Å². The fourth-order valence-electron chi connectivity index (χ4n) is 1.59. The first kappa shape index (κ1) is 15.9. The van der Waals surface area contributed by atoms with Gasteiger partial charge in [0.15, 0.2) is 0 Å². The highest BCUT2D eigenvalue weighted by Crippen LogP contribution is 2.14. The lowest BCUT2D eigenvalue weighted by Crippen LogP contribution is -2.27. The maximum absolute atomic E-state index is 9.32. The highest BCUT2D eigenvalue weighted by molar-refractivity contribution is 6.28. The summed E-state index contributed by atoms with van der Waals surface area (Å²) in [6.45, 7) is 6.69. The molecule has 1 aromatic heterocycles. The molecule has 0 radical (unpaired) electrons. The van der Waals surface area contributed by atoms with Gasteiger partial charge in [-0.1, -0.05) is 20.8 Å². The van der Waals surface area contributed by atoms with Gasteiger partial charge in [0.25, 0.3) is 0 Å². The largest absolute Gasteiger partial charge is 0.463 e. The molecule has 19 heavy (non-hydrogen) atoms. The Balaban J connectivity index is 2.73. The van der Waals surface area contributed by atoms with Gasteiger partial charge < -0.3 is 15.2 Å². The van der Waals surface area contributed by atoms with E-state index in [1.54, 1.807) is 0 Å². The third-order valence-electron chi connectivity index (χ3n) is 2.33. The van der Waals surface area contributed by atoms with Gasteiger partial charge in [-0.3, -0.25) is 0 Å². The van der Waals surface area contributed by atoms with Crippen LogP contribution in [-0.4, -0.2) is 39.3 Å². The molecule has 2 N–H and O–H groups in total. The summed E-state index contributed by atoms with van der Waals surface area (Å²) in [6.07, 6.45) is 1.67. The minimum absolute atomic E-state index is 0.00658. The molecule has 7 heteroatoms. The third kappa shape index (κ3) is 6.02. The molecule has 0 saturated heterocycles. The molecule has 1 rings (SSSR count). The Morgan fingerprint density at radius 3 is 2.63 bits per heavy atom. The number of aromatic nitrogens is 3. The van der Waals surface area contributed by atoms with E-state index in [-0.39, 0.29) is 23.9 Å². The number of halogens is 1. The fourth-order valence-corrected chi connectivity index (χ4v) is 1.74. The van der Waals surface area contributed by atoms with Gasteiger partial charge in [-0.15, -0.1) is 0 Å². The fraction of sp³-hybridized carbons (Fsp3) is 0.750. The van der Waals surface area contributed by atoms with Crippen LogP contribution in [-0.2, 0) is 0 Å². The van der Waals surface area contributed by atoms with Crippen molar-refractivity contribution in [1.29, 1.82) is 0 Å². The molecule has 108 valence electrons. The van der Waals surface area contributed by atoms with Crippen molar-refractivity contribution in [3.8, 4) is 6.01 Å². The van der Waals surface area contributed by atoms with Gasteiger partial charge in [-0.05, 0) is 30.4 Å². The normalized spacial score (nSPS) is 12.5. The highest BCUT2D eigenvalue weighted by Gasteiger charge is 2.13. The van der Waals surface area contributed by atoms with Gasteiger partial charge >= 0.3 is 6.01 Å². The predicted molar refractivity (Wildman–Crippen MR) is 74.6 cm³/mol. The van der Waals surface area contributed by atoms with E-state index in [4.69, 9.17) is 16.3 Å². The number of ether oxygens (including phenoxy) is 1. The summed E-state index contributed by atoms with van der Waals surface area (Å²) in [4.78, 5) is 12.0. The van der Waals surface area contributed by atoms with Crippen LogP contribution in [0.3, 0.4) is 0 Å². The summed E-state index contributed by atoms with van der Waals surface area (Å²) < 4.78 is 5.32. The second kappa shape index (κ2) is 8.12. The van der Waals surface area contributed by atoms with Crippen molar-refractivity contribution in [2.75, 3.05) is 18.5 Å². The van der Waals surface area contributed by atoms with Gasteiger partial charge in [0.05, 0.1) is 19.3 Å². The zero-order chi connectivity index (χ0) is 14.3. The molecule has 1 aromatic rings. The molecule has 0 aliphatic carbocycles. The minimum Gasteiger partial charge on any atom is -0.463 e. The van der Waals surface area contributed by atoms with Crippen LogP contribution in [0.2, 0.25) is 5.28 Å². The molecule has 0 aromatic carbocycles. The number of aliphatic hydroxyl groups excluding tert-OH is 1. The van der Waals surface area contributed by atoms with Crippen LogP contribution in [0.5, 0.6) is 6.01 Å². The van der Waals surface area contributed by atoms with E-state index in [0.717, 1.165) is 12.8 Å². The van der Waals surface area contributed by atoms with E-state index in [9.17, 15) is 5.11 Å². The third-order valence-corrected chi connectivity index (χ3v) is 2.50.